The topological polar surface area (TPSA) is 27.1 Å². The summed E-state index contributed by atoms with van der Waals surface area (Å²) >= 11 is 0. The molecule has 0 fully saturated rings. The van der Waals surface area contributed by atoms with Gasteiger partial charge >= 0.3 is 0 Å². The number of hydrogen-bond acceptors (Lipinski definition) is 1. The van der Waals surface area contributed by atoms with Gasteiger partial charge in [-0.3, -0.25) is 5.41 Å². The van der Waals surface area contributed by atoms with E-state index in [0.717, 1.165) is 18.7 Å². The SMILES string of the molecule is CCN(CC)C(=N)Cc1cccc(F)c1. The van der Waals surface area contributed by atoms with Gasteiger partial charge in [0.05, 0.1) is 0 Å². The van der Waals surface area contributed by atoms with Gasteiger partial charge in [0.25, 0.3) is 0 Å². The van der Waals surface area contributed by atoms with Crippen LogP contribution < -0.4 is 0 Å². The first-order valence-electron chi connectivity index (χ1n) is 5.24. The van der Waals surface area contributed by atoms with Crippen LogP contribution in [0.4, 0.5) is 4.39 Å². The number of benzene rings is 1. The van der Waals surface area contributed by atoms with Crippen LogP contribution in [0.1, 0.15) is 19.4 Å². The molecule has 1 aromatic rings. The van der Waals surface area contributed by atoms with E-state index in [0.29, 0.717) is 12.3 Å². The van der Waals surface area contributed by atoms with Gasteiger partial charge < -0.3 is 4.90 Å². The van der Waals surface area contributed by atoms with E-state index in [1.165, 1.54) is 12.1 Å². The van der Waals surface area contributed by atoms with Gasteiger partial charge in [-0.05, 0) is 31.5 Å². The fraction of sp³-hybridized carbons (Fsp3) is 0.417. The average molecular weight is 208 g/mol. The first kappa shape index (κ1) is 11.7. The molecule has 0 unspecified atom stereocenters. The van der Waals surface area contributed by atoms with Crippen molar-refractivity contribution in [2.75, 3.05) is 13.1 Å². The zero-order valence-corrected chi connectivity index (χ0v) is 9.26. The van der Waals surface area contributed by atoms with Crippen LogP contribution in [-0.2, 0) is 6.42 Å². The standard InChI is InChI=1S/C12H17FN2/c1-3-15(4-2)12(14)9-10-6-5-7-11(13)8-10/h5-8,14H,3-4,9H2,1-2H3. The normalized spacial score (nSPS) is 10.1. The zero-order valence-electron chi connectivity index (χ0n) is 9.26. The van der Waals surface area contributed by atoms with Gasteiger partial charge in [0, 0.05) is 19.5 Å². The van der Waals surface area contributed by atoms with Crippen molar-refractivity contribution in [3.63, 3.8) is 0 Å². The summed E-state index contributed by atoms with van der Waals surface area (Å²) < 4.78 is 12.9. The molecule has 0 bridgehead atoms. The summed E-state index contributed by atoms with van der Waals surface area (Å²) in [6.07, 6.45) is 0.499. The Hall–Kier alpha value is -1.38. The maximum absolute atomic E-state index is 12.9. The summed E-state index contributed by atoms with van der Waals surface area (Å²) in [6.45, 7) is 5.68. The summed E-state index contributed by atoms with van der Waals surface area (Å²) in [7, 11) is 0. The molecule has 3 heteroatoms. The van der Waals surface area contributed by atoms with E-state index in [-0.39, 0.29) is 5.82 Å². The number of amidine groups is 1. The third kappa shape index (κ3) is 3.35. The minimum atomic E-state index is -0.236. The van der Waals surface area contributed by atoms with Crippen LogP contribution >= 0.6 is 0 Å². The van der Waals surface area contributed by atoms with Gasteiger partial charge in [-0.2, -0.15) is 0 Å². The minimum absolute atomic E-state index is 0.236. The number of nitrogens with zero attached hydrogens (tertiary/aromatic N) is 1. The lowest BCUT2D eigenvalue weighted by molar-refractivity contribution is 0.455. The summed E-state index contributed by atoms with van der Waals surface area (Å²) in [5, 5.41) is 7.86. The first-order valence-corrected chi connectivity index (χ1v) is 5.24. The molecule has 15 heavy (non-hydrogen) atoms. The molecule has 1 aromatic carbocycles. The molecule has 82 valence electrons. The lowest BCUT2D eigenvalue weighted by atomic mass is 10.1. The van der Waals surface area contributed by atoms with E-state index in [9.17, 15) is 4.39 Å². The molecule has 0 atom stereocenters. The number of halogens is 1. The Morgan fingerprint density at radius 2 is 2.00 bits per heavy atom. The predicted molar refractivity (Wildman–Crippen MR) is 60.8 cm³/mol. The predicted octanol–water partition coefficient (Wildman–Crippen LogP) is 2.69. The molecule has 0 aromatic heterocycles. The molecule has 0 heterocycles. The fourth-order valence-corrected chi connectivity index (χ4v) is 1.56. The van der Waals surface area contributed by atoms with Gasteiger partial charge in [-0.1, -0.05) is 12.1 Å². The smallest absolute Gasteiger partial charge is 0.123 e. The Labute approximate surface area is 90.2 Å². The van der Waals surface area contributed by atoms with Crippen LogP contribution in [0.15, 0.2) is 24.3 Å². The van der Waals surface area contributed by atoms with Crippen LogP contribution in [0, 0.1) is 11.2 Å². The molecule has 0 amide bonds. The van der Waals surface area contributed by atoms with Gasteiger partial charge in [-0.15, -0.1) is 0 Å². The Morgan fingerprint density at radius 3 is 2.53 bits per heavy atom. The Bertz CT molecular complexity index is 332. The number of rotatable bonds is 4. The van der Waals surface area contributed by atoms with E-state index in [1.807, 2.05) is 24.8 Å². The maximum atomic E-state index is 12.9. The van der Waals surface area contributed by atoms with Crippen molar-refractivity contribution >= 4 is 5.84 Å². The second-order valence-electron chi connectivity index (χ2n) is 3.43. The van der Waals surface area contributed by atoms with Crippen LogP contribution in [0.2, 0.25) is 0 Å². The average Bonchev–Trinajstić information content (AvgIpc) is 2.19. The number of nitrogens with one attached hydrogen (secondary N) is 1. The van der Waals surface area contributed by atoms with Crippen LogP contribution in [-0.4, -0.2) is 23.8 Å². The lowest BCUT2D eigenvalue weighted by Crippen LogP contribution is -2.31. The molecule has 0 radical (unpaired) electrons. The summed E-state index contributed by atoms with van der Waals surface area (Å²) in [5.74, 6) is 0.311. The van der Waals surface area contributed by atoms with Gasteiger partial charge in [0.15, 0.2) is 0 Å². The highest BCUT2D eigenvalue weighted by Gasteiger charge is 2.06. The van der Waals surface area contributed by atoms with E-state index in [2.05, 4.69) is 0 Å². The minimum Gasteiger partial charge on any atom is -0.361 e. The molecule has 2 nitrogen and oxygen atoms in total. The van der Waals surface area contributed by atoms with Gasteiger partial charge in [0.2, 0.25) is 0 Å². The van der Waals surface area contributed by atoms with Crippen molar-refractivity contribution in [2.45, 2.75) is 20.3 Å². The third-order valence-electron chi connectivity index (χ3n) is 2.41. The number of likely N-dealkylation sites (N-methyl/N-ethyl adjacent to an activating group) is 1. The molecule has 0 spiro atoms. The molecule has 0 saturated carbocycles. The van der Waals surface area contributed by atoms with Crippen LogP contribution in [0.3, 0.4) is 0 Å². The summed E-state index contributed by atoms with van der Waals surface area (Å²) in [4.78, 5) is 1.96. The van der Waals surface area contributed by atoms with Crippen molar-refractivity contribution in [3.05, 3.63) is 35.6 Å². The third-order valence-corrected chi connectivity index (χ3v) is 2.41. The van der Waals surface area contributed by atoms with E-state index < -0.39 is 0 Å². The summed E-state index contributed by atoms with van der Waals surface area (Å²) in [5.41, 5.74) is 0.854. The molecule has 0 saturated heterocycles. The maximum Gasteiger partial charge on any atom is 0.123 e. The van der Waals surface area contributed by atoms with Gasteiger partial charge in [-0.25, -0.2) is 4.39 Å². The van der Waals surface area contributed by atoms with E-state index in [4.69, 9.17) is 5.41 Å². The Morgan fingerprint density at radius 1 is 1.33 bits per heavy atom. The van der Waals surface area contributed by atoms with Crippen LogP contribution in [0.5, 0.6) is 0 Å². The second-order valence-corrected chi connectivity index (χ2v) is 3.43. The quantitative estimate of drug-likeness (QED) is 0.597. The van der Waals surface area contributed by atoms with Crippen molar-refractivity contribution in [1.29, 1.82) is 5.41 Å². The lowest BCUT2D eigenvalue weighted by Gasteiger charge is -2.21. The van der Waals surface area contributed by atoms with E-state index >= 15 is 0 Å². The largest absolute Gasteiger partial charge is 0.361 e. The van der Waals surface area contributed by atoms with E-state index in [1.54, 1.807) is 6.07 Å². The molecule has 1 rings (SSSR count). The second kappa shape index (κ2) is 5.49. The Kier molecular flexibility index (Phi) is 4.28. The molecule has 1 N–H and O–H groups in total. The molecular formula is C12H17FN2. The van der Waals surface area contributed by atoms with Crippen molar-refractivity contribution in [3.8, 4) is 0 Å². The molecular weight excluding hydrogens is 191 g/mol. The van der Waals surface area contributed by atoms with Crippen molar-refractivity contribution < 1.29 is 4.39 Å². The number of hydrogen-bond donors (Lipinski definition) is 1. The van der Waals surface area contributed by atoms with Gasteiger partial charge in [0.1, 0.15) is 11.7 Å². The van der Waals surface area contributed by atoms with Crippen molar-refractivity contribution in [2.24, 2.45) is 0 Å². The Balaban J connectivity index is 2.65. The highest BCUT2D eigenvalue weighted by atomic mass is 19.1. The first-order chi connectivity index (χ1) is 7.17. The molecule has 0 aliphatic heterocycles. The summed E-state index contributed by atoms with van der Waals surface area (Å²) in [6, 6.07) is 6.43. The highest BCUT2D eigenvalue weighted by molar-refractivity contribution is 5.81. The fourth-order valence-electron chi connectivity index (χ4n) is 1.56. The molecule has 0 aliphatic carbocycles. The highest BCUT2D eigenvalue weighted by Crippen LogP contribution is 2.06. The zero-order chi connectivity index (χ0) is 11.3. The van der Waals surface area contributed by atoms with Crippen LogP contribution in [0.25, 0.3) is 0 Å². The van der Waals surface area contributed by atoms with Crippen molar-refractivity contribution in [1.82, 2.24) is 4.90 Å². The monoisotopic (exact) mass is 208 g/mol. The molecule has 0 aliphatic rings.